The fourth-order valence-corrected chi connectivity index (χ4v) is 1.83. The van der Waals surface area contributed by atoms with E-state index in [9.17, 15) is 10.1 Å². The molecule has 0 N–H and O–H groups in total. The fourth-order valence-electron chi connectivity index (χ4n) is 1.83. The molecule has 5 heteroatoms. The predicted molar refractivity (Wildman–Crippen MR) is 62.5 cm³/mol. The molecule has 0 saturated carbocycles. The summed E-state index contributed by atoms with van der Waals surface area (Å²) in [6.07, 6.45) is 0. The standard InChI is InChI=1S/C12H15NO4/c1-7(2)8(3)9-4-11-12(17-6-16-11)5-10(9)13(14)15/h4-5,7-8H,6H2,1-3H3/t8-/m0/s1. The van der Waals surface area contributed by atoms with Gasteiger partial charge in [0.1, 0.15) is 0 Å². The van der Waals surface area contributed by atoms with E-state index in [1.54, 1.807) is 6.07 Å². The molecule has 0 unspecified atom stereocenters. The van der Waals surface area contributed by atoms with Crippen molar-refractivity contribution in [2.75, 3.05) is 6.79 Å². The SMILES string of the molecule is CC(C)[C@H](C)c1cc2c(cc1[N+](=O)[O-])OCO2. The highest BCUT2D eigenvalue weighted by Gasteiger charge is 2.27. The molecular formula is C12H15NO4. The van der Waals surface area contributed by atoms with Gasteiger partial charge in [0.2, 0.25) is 6.79 Å². The van der Waals surface area contributed by atoms with Crippen molar-refractivity contribution in [3.8, 4) is 11.5 Å². The molecule has 2 rings (SSSR count). The zero-order chi connectivity index (χ0) is 12.6. The number of fused-ring (bicyclic) bond motifs is 1. The molecule has 1 aromatic rings. The maximum absolute atomic E-state index is 11.1. The average Bonchev–Trinajstić information content (AvgIpc) is 2.72. The Bertz CT molecular complexity index is 456. The number of nitro groups is 1. The van der Waals surface area contributed by atoms with Crippen LogP contribution < -0.4 is 9.47 Å². The highest BCUT2D eigenvalue weighted by Crippen LogP contribution is 2.42. The third-order valence-corrected chi connectivity index (χ3v) is 3.21. The Morgan fingerprint density at radius 1 is 1.24 bits per heavy atom. The lowest BCUT2D eigenvalue weighted by atomic mass is 9.89. The molecule has 1 aromatic carbocycles. The van der Waals surface area contributed by atoms with Gasteiger partial charge in [0.25, 0.3) is 5.69 Å². The van der Waals surface area contributed by atoms with E-state index >= 15 is 0 Å². The molecular weight excluding hydrogens is 222 g/mol. The van der Waals surface area contributed by atoms with Crippen LogP contribution in [0.5, 0.6) is 11.5 Å². The second-order valence-electron chi connectivity index (χ2n) is 4.55. The van der Waals surface area contributed by atoms with E-state index in [0.29, 0.717) is 23.0 Å². The van der Waals surface area contributed by atoms with Crippen LogP contribution in [0.1, 0.15) is 32.3 Å². The first-order valence-corrected chi connectivity index (χ1v) is 5.58. The molecule has 1 aliphatic rings. The summed E-state index contributed by atoms with van der Waals surface area (Å²) in [7, 11) is 0. The Morgan fingerprint density at radius 2 is 1.82 bits per heavy atom. The summed E-state index contributed by atoms with van der Waals surface area (Å²) in [4.78, 5) is 10.7. The summed E-state index contributed by atoms with van der Waals surface area (Å²) >= 11 is 0. The van der Waals surface area contributed by atoms with Crippen LogP contribution in [-0.2, 0) is 0 Å². The minimum Gasteiger partial charge on any atom is -0.454 e. The van der Waals surface area contributed by atoms with E-state index in [0.717, 1.165) is 0 Å². The monoisotopic (exact) mass is 237 g/mol. The molecule has 0 aliphatic carbocycles. The fraction of sp³-hybridized carbons (Fsp3) is 0.500. The van der Waals surface area contributed by atoms with Gasteiger partial charge in [-0.25, -0.2) is 0 Å². The highest BCUT2D eigenvalue weighted by atomic mass is 16.7. The van der Waals surface area contributed by atoms with Gasteiger partial charge < -0.3 is 9.47 Å². The number of hydrogen-bond acceptors (Lipinski definition) is 4. The van der Waals surface area contributed by atoms with Crippen LogP contribution in [0.3, 0.4) is 0 Å². The normalized spacial score (nSPS) is 15.1. The first-order chi connectivity index (χ1) is 8.00. The summed E-state index contributed by atoms with van der Waals surface area (Å²) in [6.45, 7) is 6.19. The third kappa shape index (κ3) is 2.05. The van der Waals surface area contributed by atoms with E-state index in [1.807, 2.05) is 20.8 Å². The minimum absolute atomic E-state index is 0.102. The van der Waals surface area contributed by atoms with Crippen LogP contribution in [0, 0.1) is 16.0 Å². The Morgan fingerprint density at radius 3 is 2.35 bits per heavy atom. The molecule has 0 amide bonds. The molecule has 1 aliphatic heterocycles. The first kappa shape index (κ1) is 11.7. The van der Waals surface area contributed by atoms with E-state index in [2.05, 4.69) is 0 Å². The summed E-state index contributed by atoms with van der Waals surface area (Å²) in [5, 5.41) is 11.1. The summed E-state index contributed by atoms with van der Waals surface area (Å²) < 4.78 is 10.4. The van der Waals surface area contributed by atoms with Crippen molar-refractivity contribution in [1.82, 2.24) is 0 Å². The van der Waals surface area contributed by atoms with Gasteiger partial charge in [-0.1, -0.05) is 20.8 Å². The second kappa shape index (κ2) is 4.24. The molecule has 0 bridgehead atoms. The van der Waals surface area contributed by atoms with E-state index < -0.39 is 0 Å². The van der Waals surface area contributed by atoms with Gasteiger partial charge in [0.15, 0.2) is 11.5 Å². The number of benzene rings is 1. The Balaban J connectivity index is 2.52. The lowest BCUT2D eigenvalue weighted by Crippen LogP contribution is -2.05. The number of nitro benzene ring substituents is 1. The van der Waals surface area contributed by atoms with Gasteiger partial charge in [0, 0.05) is 5.56 Å². The van der Waals surface area contributed by atoms with Crippen molar-refractivity contribution in [2.45, 2.75) is 26.7 Å². The van der Waals surface area contributed by atoms with Crippen LogP contribution in [-0.4, -0.2) is 11.7 Å². The average molecular weight is 237 g/mol. The van der Waals surface area contributed by atoms with Crippen LogP contribution in [0.4, 0.5) is 5.69 Å². The zero-order valence-corrected chi connectivity index (χ0v) is 10.1. The smallest absolute Gasteiger partial charge is 0.276 e. The van der Waals surface area contributed by atoms with Gasteiger partial charge in [-0.3, -0.25) is 10.1 Å². The van der Waals surface area contributed by atoms with Gasteiger partial charge in [0.05, 0.1) is 11.0 Å². The number of nitrogens with zero attached hydrogens (tertiary/aromatic N) is 1. The van der Waals surface area contributed by atoms with Crippen molar-refractivity contribution in [2.24, 2.45) is 5.92 Å². The molecule has 92 valence electrons. The molecule has 0 radical (unpaired) electrons. The topological polar surface area (TPSA) is 61.6 Å². The molecule has 17 heavy (non-hydrogen) atoms. The maximum Gasteiger partial charge on any atom is 0.276 e. The van der Waals surface area contributed by atoms with Gasteiger partial charge in [-0.15, -0.1) is 0 Å². The number of rotatable bonds is 3. The Labute approximate surface area is 99.5 Å². The molecule has 0 aromatic heterocycles. The lowest BCUT2D eigenvalue weighted by Gasteiger charge is -2.16. The molecule has 1 atom stereocenters. The quantitative estimate of drug-likeness (QED) is 0.598. The minimum atomic E-state index is -0.365. The summed E-state index contributed by atoms with van der Waals surface area (Å²) in [5.74, 6) is 1.48. The van der Waals surface area contributed by atoms with Crippen molar-refractivity contribution < 1.29 is 14.4 Å². The first-order valence-electron chi connectivity index (χ1n) is 5.58. The Hall–Kier alpha value is -1.78. The lowest BCUT2D eigenvalue weighted by molar-refractivity contribution is -0.385. The molecule has 1 heterocycles. The van der Waals surface area contributed by atoms with Crippen LogP contribution in [0.15, 0.2) is 12.1 Å². The summed E-state index contributed by atoms with van der Waals surface area (Å²) in [5.41, 5.74) is 0.810. The van der Waals surface area contributed by atoms with Crippen LogP contribution >= 0.6 is 0 Å². The van der Waals surface area contributed by atoms with Crippen molar-refractivity contribution >= 4 is 5.69 Å². The van der Waals surface area contributed by atoms with Gasteiger partial charge >= 0.3 is 0 Å². The largest absolute Gasteiger partial charge is 0.454 e. The maximum atomic E-state index is 11.1. The second-order valence-corrected chi connectivity index (χ2v) is 4.55. The third-order valence-electron chi connectivity index (χ3n) is 3.21. The Kier molecular flexibility index (Phi) is 2.92. The van der Waals surface area contributed by atoms with Crippen molar-refractivity contribution in [1.29, 1.82) is 0 Å². The van der Waals surface area contributed by atoms with Crippen LogP contribution in [0.25, 0.3) is 0 Å². The molecule has 0 fully saturated rings. The van der Waals surface area contributed by atoms with E-state index in [4.69, 9.17) is 9.47 Å². The van der Waals surface area contributed by atoms with Crippen molar-refractivity contribution in [3.63, 3.8) is 0 Å². The number of ether oxygens (including phenoxy) is 2. The molecule has 5 nitrogen and oxygen atoms in total. The molecule has 0 saturated heterocycles. The zero-order valence-electron chi connectivity index (χ0n) is 10.1. The van der Waals surface area contributed by atoms with Gasteiger partial charge in [-0.05, 0) is 17.9 Å². The number of hydrogen-bond donors (Lipinski definition) is 0. The van der Waals surface area contributed by atoms with E-state index in [-0.39, 0.29) is 23.3 Å². The molecule has 0 spiro atoms. The van der Waals surface area contributed by atoms with E-state index in [1.165, 1.54) is 6.07 Å². The summed E-state index contributed by atoms with van der Waals surface area (Å²) in [6, 6.07) is 3.18. The van der Waals surface area contributed by atoms with Crippen LogP contribution in [0.2, 0.25) is 0 Å². The highest BCUT2D eigenvalue weighted by molar-refractivity contribution is 5.56. The van der Waals surface area contributed by atoms with Gasteiger partial charge in [-0.2, -0.15) is 0 Å². The van der Waals surface area contributed by atoms with Crippen molar-refractivity contribution in [3.05, 3.63) is 27.8 Å². The predicted octanol–water partition coefficient (Wildman–Crippen LogP) is 3.08.